The third-order valence-electron chi connectivity index (χ3n) is 4.30. The summed E-state index contributed by atoms with van der Waals surface area (Å²) in [6.45, 7) is 18.4. The Morgan fingerprint density at radius 1 is 1.14 bits per heavy atom. The van der Waals surface area contributed by atoms with E-state index in [9.17, 15) is 4.79 Å². The van der Waals surface area contributed by atoms with Gasteiger partial charge in [-0.25, -0.2) is 4.79 Å². The highest BCUT2D eigenvalue weighted by molar-refractivity contribution is 6.74. The molecular formula is C16H33NO3Si. The molecule has 4 nitrogen and oxygen atoms in total. The van der Waals surface area contributed by atoms with E-state index in [1.165, 1.54) is 0 Å². The Labute approximate surface area is 131 Å². The van der Waals surface area contributed by atoms with Gasteiger partial charge in [0.25, 0.3) is 0 Å². The normalized spacial score (nSPS) is 21.3. The molecule has 1 fully saturated rings. The maximum absolute atomic E-state index is 12.2. The summed E-state index contributed by atoms with van der Waals surface area (Å²) in [6, 6.07) is 0. The summed E-state index contributed by atoms with van der Waals surface area (Å²) in [4.78, 5) is 14.0. The number of hydrogen-bond donors (Lipinski definition) is 0. The van der Waals surface area contributed by atoms with Gasteiger partial charge in [0.1, 0.15) is 5.60 Å². The molecule has 1 aliphatic heterocycles. The minimum Gasteiger partial charge on any atom is -0.444 e. The fourth-order valence-corrected chi connectivity index (χ4v) is 3.50. The van der Waals surface area contributed by atoms with Crippen molar-refractivity contribution in [2.45, 2.75) is 84.2 Å². The van der Waals surface area contributed by atoms with Gasteiger partial charge in [0, 0.05) is 13.1 Å². The third-order valence-corrected chi connectivity index (χ3v) is 8.83. The average molecular weight is 316 g/mol. The van der Waals surface area contributed by atoms with Gasteiger partial charge < -0.3 is 14.1 Å². The van der Waals surface area contributed by atoms with Crippen LogP contribution >= 0.6 is 0 Å². The summed E-state index contributed by atoms with van der Waals surface area (Å²) in [7, 11) is -1.78. The molecule has 0 aromatic rings. The standard InChI is InChI=1S/C16H33NO3Si/c1-15(2,3)19-14(18)17-11-9-10-13(12-17)20-21(7,8)16(4,5)6/h13H,9-12H2,1-8H3/t13-/m1/s1. The van der Waals surface area contributed by atoms with Crippen LogP contribution in [0, 0.1) is 0 Å². The number of nitrogens with zero attached hydrogens (tertiary/aromatic N) is 1. The van der Waals surface area contributed by atoms with Gasteiger partial charge in [-0.3, -0.25) is 0 Å². The van der Waals surface area contributed by atoms with Gasteiger partial charge >= 0.3 is 6.09 Å². The number of rotatable bonds is 2. The van der Waals surface area contributed by atoms with Crippen LogP contribution in [0.3, 0.4) is 0 Å². The molecule has 0 spiro atoms. The Kier molecular flexibility index (Phi) is 5.54. The Hall–Kier alpha value is -0.553. The van der Waals surface area contributed by atoms with E-state index in [1.54, 1.807) is 4.90 Å². The van der Waals surface area contributed by atoms with Crippen LogP contribution in [0.15, 0.2) is 0 Å². The molecule has 21 heavy (non-hydrogen) atoms. The highest BCUT2D eigenvalue weighted by atomic mass is 28.4. The third kappa shape index (κ3) is 5.62. The molecule has 1 aliphatic rings. The first-order valence-electron chi connectivity index (χ1n) is 7.97. The number of carbonyl (C=O) groups excluding carboxylic acids is 1. The smallest absolute Gasteiger partial charge is 0.410 e. The fourth-order valence-electron chi connectivity index (χ4n) is 2.12. The van der Waals surface area contributed by atoms with E-state index >= 15 is 0 Å². The first-order chi connectivity index (χ1) is 9.32. The molecule has 1 heterocycles. The molecule has 0 aromatic heterocycles. The lowest BCUT2D eigenvalue weighted by Crippen LogP contribution is -2.51. The summed E-state index contributed by atoms with van der Waals surface area (Å²) in [5.41, 5.74) is -0.440. The van der Waals surface area contributed by atoms with Gasteiger partial charge in [0.15, 0.2) is 8.32 Å². The van der Waals surface area contributed by atoms with Crippen LogP contribution in [-0.2, 0) is 9.16 Å². The Morgan fingerprint density at radius 2 is 1.71 bits per heavy atom. The number of hydrogen-bond acceptors (Lipinski definition) is 3. The maximum Gasteiger partial charge on any atom is 0.410 e. The molecule has 1 amide bonds. The predicted molar refractivity (Wildman–Crippen MR) is 89.1 cm³/mol. The van der Waals surface area contributed by atoms with Crippen molar-refractivity contribution in [1.82, 2.24) is 4.90 Å². The monoisotopic (exact) mass is 315 g/mol. The van der Waals surface area contributed by atoms with Gasteiger partial charge in [-0.1, -0.05) is 20.8 Å². The van der Waals surface area contributed by atoms with E-state index in [2.05, 4.69) is 33.9 Å². The number of carbonyl (C=O) groups is 1. The molecular weight excluding hydrogens is 282 g/mol. The molecule has 0 aromatic carbocycles. The molecule has 1 atom stereocenters. The van der Waals surface area contributed by atoms with E-state index in [-0.39, 0.29) is 17.2 Å². The Balaban J connectivity index is 2.63. The van der Waals surface area contributed by atoms with Crippen LogP contribution in [0.4, 0.5) is 4.79 Å². The Morgan fingerprint density at radius 3 is 2.19 bits per heavy atom. The van der Waals surface area contributed by atoms with Crippen molar-refractivity contribution in [3.05, 3.63) is 0 Å². The summed E-state index contributed by atoms with van der Waals surface area (Å²) >= 11 is 0. The second-order valence-electron chi connectivity index (χ2n) is 8.57. The SMILES string of the molecule is CC(C)(C)OC(=O)N1CCC[C@@H](O[Si](C)(C)C(C)(C)C)C1. The number of piperidine rings is 1. The summed E-state index contributed by atoms with van der Waals surface area (Å²) in [6.07, 6.45) is 1.95. The quantitative estimate of drug-likeness (QED) is 0.709. The molecule has 0 radical (unpaired) electrons. The molecule has 1 rings (SSSR count). The van der Waals surface area contributed by atoms with E-state index < -0.39 is 13.9 Å². The minimum atomic E-state index is -1.78. The molecule has 0 unspecified atom stereocenters. The maximum atomic E-state index is 12.2. The van der Waals surface area contributed by atoms with Crippen LogP contribution in [0.5, 0.6) is 0 Å². The Bertz CT molecular complexity index is 369. The van der Waals surface area contributed by atoms with Crippen molar-refractivity contribution in [3.8, 4) is 0 Å². The summed E-state index contributed by atoms with van der Waals surface area (Å²) in [5.74, 6) is 0. The van der Waals surface area contributed by atoms with Crippen molar-refractivity contribution in [1.29, 1.82) is 0 Å². The van der Waals surface area contributed by atoms with Crippen LogP contribution in [0.1, 0.15) is 54.4 Å². The first-order valence-corrected chi connectivity index (χ1v) is 10.9. The van der Waals surface area contributed by atoms with E-state index in [0.29, 0.717) is 6.54 Å². The highest BCUT2D eigenvalue weighted by Gasteiger charge is 2.40. The summed E-state index contributed by atoms with van der Waals surface area (Å²) < 4.78 is 11.9. The zero-order valence-electron chi connectivity index (χ0n) is 15.1. The molecule has 124 valence electrons. The van der Waals surface area contributed by atoms with Crippen LogP contribution in [0.2, 0.25) is 18.1 Å². The second kappa shape index (κ2) is 6.29. The van der Waals surface area contributed by atoms with Crippen molar-refractivity contribution in [2.24, 2.45) is 0 Å². The van der Waals surface area contributed by atoms with Crippen LogP contribution < -0.4 is 0 Å². The highest BCUT2D eigenvalue weighted by Crippen LogP contribution is 2.38. The average Bonchev–Trinajstić information content (AvgIpc) is 2.24. The molecule has 0 N–H and O–H groups in total. The predicted octanol–water partition coefficient (Wildman–Crippen LogP) is 4.41. The van der Waals surface area contributed by atoms with Gasteiger partial charge in [0.05, 0.1) is 6.10 Å². The van der Waals surface area contributed by atoms with Gasteiger partial charge in [-0.2, -0.15) is 0 Å². The fraction of sp³-hybridized carbons (Fsp3) is 0.938. The zero-order valence-corrected chi connectivity index (χ0v) is 16.1. The van der Waals surface area contributed by atoms with E-state index in [4.69, 9.17) is 9.16 Å². The lowest BCUT2D eigenvalue weighted by molar-refractivity contribution is 0.00590. The zero-order chi connectivity index (χ0) is 16.5. The van der Waals surface area contributed by atoms with Gasteiger partial charge in [-0.05, 0) is 51.7 Å². The van der Waals surface area contributed by atoms with Crippen molar-refractivity contribution >= 4 is 14.4 Å². The number of amides is 1. The van der Waals surface area contributed by atoms with Gasteiger partial charge in [-0.15, -0.1) is 0 Å². The molecule has 0 aliphatic carbocycles. The van der Waals surface area contributed by atoms with Crippen LogP contribution in [0.25, 0.3) is 0 Å². The molecule has 0 saturated carbocycles. The van der Waals surface area contributed by atoms with Crippen molar-refractivity contribution < 1.29 is 14.0 Å². The number of likely N-dealkylation sites (tertiary alicyclic amines) is 1. The first kappa shape index (κ1) is 18.5. The second-order valence-corrected chi connectivity index (χ2v) is 13.3. The van der Waals surface area contributed by atoms with Gasteiger partial charge in [0.2, 0.25) is 0 Å². The van der Waals surface area contributed by atoms with E-state index in [0.717, 1.165) is 19.4 Å². The number of ether oxygens (including phenoxy) is 1. The topological polar surface area (TPSA) is 38.8 Å². The molecule has 0 bridgehead atoms. The lowest BCUT2D eigenvalue weighted by atomic mass is 10.1. The van der Waals surface area contributed by atoms with Crippen molar-refractivity contribution in [3.63, 3.8) is 0 Å². The minimum absolute atomic E-state index is 0.146. The van der Waals surface area contributed by atoms with Crippen LogP contribution in [-0.4, -0.2) is 44.1 Å². The molecule has 1 saturated heterocycles. The lowest BCUT2D eigenvalue weighted by Gasteiger charge is -2.42. The van der Waals surface area contributed by atoms with E-state index in [1.807, 2.05) is 20.8 Å². The van der Waals surface area contributed by atoms with Crippen molar-refractivity contribution in [2.75, 3.05) is 13.1 Å². The summed E-state index contributed by atoms with van der Waals surface area (Å²) in [5, 5.41) is 0.196. The molecule has 5 heteroatoms. The largest absolute Gasteiger partial charge is 0.444 e.